The van der Waals surface area contributed by atoms with E-state index in [1.807, 2.05) is 12.1 Å². The molecule has 1 aromatic heterocycles. The highest BCUT2D eigenvalue weighted by atomic mass is 19.1. The fourth-order valence-corrected chi connectivity index (χ4v) is 1.60. The van der Waals surface area contributed by atoms with Gasteiger partial charge in [-0.25, -0.2) is 4.39 Å². The zero-order valence-electron chi connectivity index (χ0n) is 8.19. The zero-order chi connectivity index (χ0) is 10.7. The van der Waals surface area contributed by atoms with Crippen molar-refractivity contribution in [3.63, 3.8) is 0 Å². The summed E-state index contributed by atoms with van der Waals surface area (Å²) in [5.74, 6) is 0.568. The van der Waals surface area contributed by atoms with Crippen LogP contribution < -0.4 is 5.73 Å². The molecule has 0 fully saturated rings. The van der Waals surface area contributed by atoms with Gasteiger partial charge in [0.2, 0.25) is 0 Å². The lowest BCUT2D eigenvalue weighted by Crippen LogP contribution is -2.13. The van der Waals surface area contributed by atoms with Crippen LogP contribution in [0.25, 0.3) is 0 Å². The molecule has 78 valence electrons. The van der Waals surface area contributed by atoms with E-state index in [9.17, 15) is 4.39 Å². The molecule has 2 N–H and O–H groups in total. The molecule has 0 aliphatic carbocycles. The second-order valence-corrected chi connectivity index (χ2v) is 3.36. The van der Waals surface area contributed by atoms with Crippen molar-refractivity contribution in [3.05, 3.63) is 59.8 Å². The average molecular weight is 205 g/mol. The lowest BCUT2D eigenvalue weighted by Gasteiger charge is -2.12. The van der Waals surface area contributed by atoms with Crippen LogP contribution >= 0.6 is 0 Å². The minimum Gasteiger partial charge on any atom is -0.469 e. The van der Waals surface area contributed by atoms with Gasteiger partial charge in [0.25, 0.3) is 0 Å². The molecule has 1 atom stereocenters. The van der Waals surface area contributed by atoms with E-state index >= 15 is 0 Å². The van der Waals surface area contributed by atoms with Crippen molar-refractivity contribution in [1.29, 1.82) is 0 Å². The molecule has 0 saturated carbocycles. The van der Waals surface area contributed by atoms with Crippen LogP contribution in [0.2, 0.25) is 0 Å². The molecule has 1 aromatic carbocycles. The normalized spacial score (nSPS) is 12.7. The highest BCUT2D eigenvalue weighted by molar-refractivity contribution is 5.27. The van der Waals surface area contributed by atoms with Gasteiger partial charge in [0, 0.05) is 6.54 Å². The zero-order valence-corrected chi connectivity index (χ0v) is 8.19. The van der Waals surface area contributed by atoms with Crippen molar-refractivity contribution in [2.75, 3.05) is 6.54 Å². The van der Waals surface area contributed by atoms with Crippen molar-refractivity contribution in [2.45, 2.75) is 5.92 Å². The summed E-state index contributed by atoms with van der Waals surface area (Å²) >= 11 is 0. The minimum atomic E-state index is -0.242. The predicted octanol–water partition coefficient (Wildman–Crippen LogP) is 2.51. The van der Waals surface area contributed by atoms with Gasteiger partial charge in [0.1, 0.15) is 11.6 Å². The standard InChI is InChI=1S/C12H12FNO/c13-10-5-3-9(4-6-10)11(8-14)12-2-1-7-15-12/h1-7,11H,8,14H2. The highest BCUT2D eigenvalue weighted by Crippen LogP contribution is 2.23. The van der Waals surface area contributed by atoms with Crippen LogP contribution in [0.4, 0.5) is 4.39 Å². The molecule has 3 heteroatoms. The summed E-state index contributed by atoms with van der Waals surface area (Å²) in [6, 6.07) is 10.0. The first-order chi connectivity index (χ1) is 7.31. The molecular weight excluding hydrogens is 193 g/mol. The molecule has 0 aliphatic heterocycles. The number of furan rings is 1. The van der Waals surface area contributed by atoms with E-state index in [4.69, 9.17) is 10.2 Å². The van der Waals surface area contributed by atoms with Crippen molar-refractivity contribution in [1.82, 2.24) is 0 Å². The Morgan fingerprint density at radius 3 is 2.47 bits per heavy atom. The first-order valence-corrected chi connectivity index (χ1v) is 4.80. The topological polar surface area (TPSA) is 39.2 Å². The van der Waals surface area contributed by atoms with Gasteiger partial charge in [0.15, 0.2) is 0 Å². The molecule has 2 aromatic rings. The van der Waals surface area contributed by atoms with Gasteiger partial charge >= 0.3 is 0 Å². The van der Waals surface area contributed by atoms with Gasteiger partial charge in [-0.3, -0.25) is 0 Å². The van der Waals surface area contributed by atoms with Crippen molar-refractivity contribution >= 4 is 0 Å². The number of hydrogen-bond donors (Lipinski definition) is 1. The largest absolute Gasteiger partial charge is 0.469 e. The van der Waals surface area contributed by atoms with Gasteiger partial charge in [-0.1, -0.05) is 12.1 Å². The molecule has 1 heterocycles. The van der Waals surface area contributed by atoms with Crippen LogP contribution in [0, 0.1) is 5.82 Å². The fourth-order valence-electron chi connectivity index (χ4n) is 1.60. The summed E-state index contributed by atoms with van der Waals surface area (Å²) in [5, 5.41) is 0. The lowest BCUT2D eigenvalue weighted by molar-refractivity contribution is 0.487. The van der Waals surface area contributed by atoms with E-state index in [1.165, 1.54) is 12.1 Å². The maximum absolute atomic E-state index is 12.7. The molecule has 2 nitrogen and oxygen atoms in total. The minimum absolute atomic E-state index is 0.000556. The molecule has 1 unspecified atom stereocenters. The second kappa shape index (κ2) is 4.28. The third kappa shape index (κ3) is 2.07. The molecule has 2 rings (SSSR count). The lowest BCUT2D eigenvalue weighted by atomic mass is 9.97. The molecule has 0 bridgehead atoms. The maximum atomic E-state index is 12.7. The Morgan fingerprint density at radius 2 is 1.93 bits per heavy atom. The van der Waals surface area contributed by atoms with Crippen molar-refractivity contribution < 1.29 is 8.81 Å². The molecule has 0 radical (unpaired) electrons. The number of benzene rings is 1. The third-order valence-corrected chi connectivity index (χ3v) is 2.39. The summed E-state index contributed by atoms with van der Waals surface area (Å²) in [6.07, 6.45) is 1.61. The van der Waals surface area contributed by atoms with Gasteiger partial charge in [-0.2, -0.15) is 0 Å². The Morgan fingerprint density at radius 1 is 1.20 bits per heavy atom. The highest BCUT2D eigenvalue weighted by Gasteiger charge is 2.14. The van der Waals surface area contributed by atoms with Crippen molar-refractivity contribution in [3.8, 4) is 0 Å². The fraction of sp³-hybridized carbons (Fsp3) is 0.167. The summed E-state index contributed by atoms with van der Waals surface area (Å²) in [7, 11) is 0. The summed E-state index contributed by atoms with van der Waals surface area (Å²) in [4.78, 5) is 0. The Bertz CT molecular complexity index is 408. The quantitative estimate of drug-likeness (QED) is 0.836. The summed E-state index contributed by atoms with van der Waals surface area (Å²) in [5.41, 5.74) is 6.65. The van der Waals surface area contributed by atoms with Gasteiger partial charge < -0.3 is 10.2 Å². The van der Waals surface area contributed by atoms with E-state index in [0.29, 0.717) is 6.54 Å². The average Bonchev–Trinajstić information content (AvgIpc) is 2.75. The monoisotopic (exact) mass is 205 g/mol. The Hall–Kier alpha value is -1.61. The molecule has 15 heavy (non-hydrogen) atoms. The molecule has 0 saturated heterocycles. The number of hydrogen-bond acceptors (Lipinski definition) is 2. The van der Waals surface area contributed by atoms with E-state index < -0.39 is 0 Å². The Labute approximate surface area is 87.5 Å². The van der Waals surface area contributed by atoms with E-state index in [2.05, 4.69) is 0 Å². The van der Waals surface area contributed by atoms with Crippen LogP contribution in [0.1, 0.15) is 17.2 Å². The first-order valence-electron chi connectivity index (χ1n) is 4.80. The maximum Gasteiger partial charge on any atom is 0.123 e. The summed E-state index contributed by atoms with van der Waals surface area (Å²) < 4.78 is 18.0. The summed E-state index contributed by atoms with van der Waals surface area (Å²) in [6.45, 7) is 0.444. The Kier molecular flexibility index (Phi) is 2.83. The van der Waals surface area contributed by atoms with Crippen LogP contribution in [-0.4, -0.2) is 6.54 Å². The molecular formula is C12H12FNO. The van der Waals surface area contributed by atoms with Crippen molar-refractivity contribution in [2.24, 2.45) is 5.73 Å². The molecule has 0 aliphatic rings. The van der Waals surface area contributed by atoms with Gasteiger partial charge in [0.05, 0.1) is 12.2 Å². The van der Waals surface area contributed by atoms with E-state index in [1.54, 1.807) is 18.4 Å². The number of rotatable bonds is 3. The molecule has 0 spiro atoms. The number of halogens is 1. The van der Waals surface area contributed by atoms with E-state index in [-0.39, 0.29) is 11.7 Å². The first kappa shape index (κ1) is 9.93. The number of nitrogens with two attached hydrogens (primary N) is 1. The van der Waals surface area contributed by atoms with Crippen LogP contribution in [-0.2, 0) is 0 Å². The predicted molar refractivity (Wildman–Crippen MR) is 56.0 cm³/mol. The van der Waals surface area contributed by atoms with Crippen LogP contribution in [0.15, 0.2) is 47.1 Å². The third-order valence-electron chi connectivity index (χ3n) is 2.39. The second-order valence-electron chi connectivity index (χ2n) is 3.36. The van der Waals surface area contributed by atoms with E-state index in [0.717, 1.165) is 11.3 Å². The van der Waals surface area contributed by atoms with Gasteiger partial charge in [-0.05, 0) is 29.8 Å². The van der Waals surface area contributed by atoms with Crippen LogP contribution in [0.3, 0.4) is 0 Å². The van der Waals surface area contributed by atoms with Gasteiger partial charge in [-0.15, -0.1) is 0 Å². The smallest absolute Gasteiger partial charge is 0.123 e. The Balaban J connectivity index is 2.31. The SMILES string of the molecule is NCC(c1ccc(F)cc1)c1ccco1. The van der Waals surface area contributed by atoms with Crippen LogP contribution in [0.5, 0.6) is 0 Å². The molecule has 0 amide bonds.